The van der Waals surface area contributed by atoms with Crippen molar-refractivity contribution in [1.82, 2.24) is 0 Å². The highest BCUT2D eigenvalue weighted by atomic mass is 19.1. The van der Waals surface area contributed by atoms with Crippen molar-refractivity contribution in [2.75, 3.05) is 0 Å². The van der Waals surface area contributed by atoms with E-state index in [9.17, 15) is 18.4 Å². The van der Waals surface area contributed by atoms with Gasteiger partial charge in [0.2, 0.25) is 0 Å². The molecule has 0 N–H and O–H groups in total. The molecule has 2 aliphatic rings. The molecule has 3 aromatic rings. The van der Waals surface area contributed by atoms with Gasteiger partial charge in [0.25, 0.3) is 0 Å². The van der Waals surface area contributed by atoms with Crippen LogP contribution in [0.15, 0.2) is 33.5 Å². The van der Waals surface area contributed by atoms with Crippen molar-refractivity contribution in [2.24, 2.45) is 0 Å². The highest BCUT2D eigenvalue weighted by Gasteiger charge is 2.34. The van der Waals surface area contributed by atoms with Crippen LogP contribution in [0.4, 0.5) is 8.78 Å². The first-order chi connectivity index (χ1) is 13.4. The van der Waals surface area contributed by atoms with Gasteiger partial charge in [-0.1, -0.05) is 0 Å². The number of hydrogen-bond donors (Lipinski definition) is 0. The number of fused-ring (bicyclic) bond motifs is 5. The van der Waals surface area contributed by atoms with Gasteiger partial charge in [0.15, 0.2) is 5.78 Å². The van der Waals surface area contributed by atoms with E-state index in [1.807, 2.05) is 0 Å². The lowest BCUT2D eigenvalue weighted by molar-refractivity contribution is 0.0848. The predicted molar refractivity (Wildman–Crippen MR) is 97.9 cm³/mol. The first-order valence-electron chi connectivity index (χ1n) is 9.21. The maximum absolute atomic E-state index is 14.3. The second-order valence-electron chi connectivity index (χ2n) is 7.37. The van der Waals surface area contributed by atoms with Gasteiger partial charge in [-0.15, -0.1) is 0 Å². The molecule has 0 bridgehead atoms. The monoisotopic (exact) mass is 382 g/mol. The number of ether oxygens (including phenoxy) is 1. The minimum Gasteiger partial charge on any atom is -0.484 e. The fourth-order valence-electron chi connectivity index (χ4n) is 4.38. The first-order valence-corrected chi connectivity index (χ1v) is 9.21. The standard InChI is InChI=1S/C22H16F2O4/c1-10-7-18-20(12-3-2-4-13(12)22(26)28-18)21-19(10)16(25)9-17(27-21)14-6-5-11(23)8-15(14)24/h5-8,17H,2-4,9H2,1H3. The summed E-state index contributed by atoms with van der Waals surface area (Å²) in [7, 11) is 0. The third-order valence-electron chi connectivity index (χ3n) is 5.63. The summed E-state index contributed by atoms with van der Waals surface area (Å²) < 4.78 is 39.2. The molecular formula is C22H16F2O4. The molecule has 5 rings (SSSR count). The van der Waals surface area contributed by atoms with Crippen LogP contribution in [0.25, 0.3) is 11.0 Å². The summed E-state index contributed by atoms with van der Waals surface area (Å²) in [5, 5.41) is 0.619. The van der Waals surface area contributed by atoms with E-state index in [2.05, 4.69) is 0 Å². The number of carbonyl (C=O) groups is 1. The van der Waals surface area contributed by atoms with Crippen molar-refractivity contribution in [3.8, 4) is 5.75 Å². The zero-order valence-corrected chi connectivity index (χ0v) is 15.1. The highest BCUT2D eigenvalue weighted by Crippen LogP contribution is 2.44. The molecule has 1 aromatic heterocycles. The SMILES string of the molecule is Cc1cc2oc(=O)c3c(c2c2c1C(=O)CC(c1ccc(F)cc1F)O2)CCC3. The molecule has 0 radical (unpaired) electrons. The van der Waals surface area contributed by atoms with Crippen molar-refractivity contribution in [2.45, 2.75) is 38.7 Å². The smallest absolute Gasteiger partial charge is 0.339 e. The summed E-state index contributed by atoms with van der Waals surface area (Å²) in [4.78, 5) is 25.2. The second kappa shape index (κ2) is 5.99. The molecule has 1 atom stereocenters. The predicted octanol–water partition coefficient (Wildman–Crippen LogP) is 4.57. The van der Waals surface area contributed by atoms with E-state index in [4.69, 9.17) is 9.15 Å². The molecule has 6 heteroatoms. The summed E-state index contributed by atoms with van der Waals surface area (Å²) in [6.45, 7) is 1.76. The zero-order chi connectivity index (χ0) is 19.6. The Hall–Kier alpha value is -3.02. The van der Waals surface area contributed by atoms with E-state index in [1.54, 1.807) is 13.0 Å². The Morgan fingerprint density at radius 1 is 1.07 bits per heavy atom. The van der Waals surface area contributed by atoms with Gasteiger partial charge in [-0.25, -0.2) is 13.6 Å². The minimum absolute atomic E-state index is 0.0408. The van der Waals surface area contributed by atoms with Gasteiger partial charge in [0.1, 0.15) is 29.1 Å². The summed E-state index contributed by atoms with van der Waals surface area (Å²) in [5.74, 6) is -1.28. The second-order valence-corrected chi connectivity index (χ2v) is 7.37. The van der Waals surface area contributed by atoms with Crippen LogP contribution in [0.2, 0.25) is 0 Å². The molecule has 2 heterocycles. The Balaban J connectivity index is 1.76. The average molecular weight is 382 g/mol. The fraction of sp³-hybridized carbons (Fsp3) is 0.273. The van der Waals surface area contributed by atoms with Gasteiger partial charge in [-0.05, 0) is 55.5 Å². The molecule has 0 saturated carbocycles. The van der Waals surface area contributed by atoms with E-state index in [0.717, 1.165) is 24.1 Å². The maximum Gasteiger partial charge on any atom is 0.339 e. The summed E-state index contributed by atoms with van der Waals surface area (Å²) in [6, 6.07) is 4.92. The molecule has 1 unspecified atom stereocenters. The van der Waals surface area contributed by atoms with Crippen LogP contribution in [-0.2, 0) is 12.8 Å². The van der Waals surface area contributed by atoms with Crippen LogP contribution < -0.4 is 10.4 Å². The maximum atomic E-state index is 14.3. The highest BCUT2D eigenvalue weighted by molar-refractivity contribution is 6.07. The zero-order valence-electron chi connectivity index (χ0n) is 15.1. The Morgan fingerprint density at radius 3 is 2.64 bits per heavy atom. The number of Topliss-reactive ketones (excluding diaryl/α,β-unsaturated/α-hetero) is 1. The molecule has 0 saturated heterocycles. The third kappa shape index (κ3) is 2.40. The van der Waals surface area contributed by atoms with Crippen molar-refractivity contribution >= 4 is 16.8 Å². The molecule has 2 aromatic carbocycles. The van der Waals surface area contributed by atoms with Crippen LogP contribution in [0.1, 0.15) is 51.6 Å². The van der Waals surface area contributed by atoms with Gasteiger partial charge >= 0.3 is 5.63 Å². The van der Waals surface area contributed by atoms with Gasteiger partial charge in [0, 0.05) is 17.2 Å². The van der Waals surface area contributed by atoms with Crippen molar-refractivity contribution in [1.29, 1.82) is 0 Å². The molecule has 0 amide bonds. The number of halogens is 2. The minimum atomic E-state index is -0.866. The molecule has 0 fully saturated rings. The van der Waals surface area contributed by atoms with E-state index in [1.165, 1.54) is 6.07 Å². The lowest BCUT2D eigenvalue weighted by atomic mass is 9.90. The van der Waals surface area contributed by atoms with Gasteiger partial charge < -0.3 is 9.15 Å². The normalized spacial score (nSPS) is 18.1. The third-order valence-corrected chi connectivity index (χ3v) is 5.63. The average Bonchev–Trinajstić information content (AvgIpc) is 3.11. The Kier molecular flexibility index (Phi) is 3.66. The van der Waals surface area contributed by atoms with Gasteiger partial charge in [-0.2, -0.15) is 0 Å². The molecule has 1 aliphatic heterocycles. The molecule has 28 heavy (non-hydrogen) atoms. The summed E-state index contributed by atoms with van der Waals surface area (Å²) in [5.41, 5.74) is 2.68. The number of ketones is 1. The molecule has 0 spiro atoms. The quantitative estimate of drug-likeness (QED) is 0.579. The fourth-order valence-corrected chi connectivity index (χ4v) is 4.38. The number of benzene rings is 2. The van der Waals surface area contributed by atoms with Crippen molar-refractivity contribution < 1.29 is 22.7 Å². The summed E-state index contributed by atoms with van der Waals surface area (Å²) in [6.07, 6.45) is 1.24. The topological polar surface area (TPSA) is 56.5 Å². The van der Waals surface area contributed by atoms with Gasteiger partial charge in [0.05, 0.1) is 17.4 Å². The molecular weight excluding hydrogens is 366 g/mol. The Bertz CT molecular complexity index is 1230. The lowest BCUT2D eigenvalue weighted by Crippen LogP contribution is -2.23. The Labute approximate surface area is 158 Å². The number of aryl methyl sites for hydroxylation is 2. The van der Waals surface area contributed by atoms with E-state index < -0.39 is 17.7 Å². The van der Waals surface area contributed by atoms with Crippen molar-refractivity contribution in [3.05, 3.63) is 74.1 Å². The Morgan fingerprint density at radius 2 is 1.86 bits per heavy atom. The van der Waals surface area contributed by atoms with Crippen LogP contribution in [0.3, 0.4) is 0 Å². The largest absolute Gasteiger partial charge is 0.484 e. The molecule has 1 aliphatic carbocycles. The van der Waals surface area contributed by atoms with Crippen LogP contribution in [0.5, 0.6) is 5.75 Å². The van der Waals surface area contributed by atoms with Crippen LogP contribution in [-0.4, -0.2) is 5.78 Å². The van der Waals surface area contributed by atoms with Gasteiger partial charge in [-0.3, -0.25) is 4.79 Å². The van der Waals surface area contributed by atoms with E-state index >= 15 is 0 Å². The lowest BCUT2D eigenvalue weighted by Gasteiger charge is -2.28. The van der Waals surface area contributed by atoms with E-state index in [-0.39, 0.29) is 23.4 Å². The summed E-state index contributed by atoms with van der Waals surface area (Å²) >= 11 is 0. The number of hydrogen-bond acceptors (Lipinski definition) is 4. The number of carbonyl (C=O) groups excluding carboxylic acids is 1. The van der Waals surface area contributed by atoms with E-state index in [0.29, 0.717) is 46.3 Å². The van der Waals surface area contributed by atoms with Crippen LogP contribution in [0, 0.1) is 18.6 Å². The first kappa shape index (κ1) is 17.1. The molecule has 142 valence electrons. The van der Waals surface area contributed by atoms with Crippen molar-refractivity contribution in [3.63, 3.8) is 0 Å². The molecule has 4 nitrogen and oxygen atoms in total. The van der Waals surface area contributed by atoms with Crippen LogP contribution >= 0.6 is 0 Å². The number of rotatable bonds is 1.